The number of nitrogens with zero attached hydrogens (tertiary/aromatic N) is 2. The molecular weight excluding hydrogens is 350 g/mol. The summed E-state index contributed by atoms with van der Waals surface area (Å²) < 4.78 is 0. The fourth-order valence-electron chi connectivity index (χ4n) is 2.98. The number of carbonyl (C=O) groups excluding carboxylic acids is 3. The van der Waals surface area contributed by atoms with Crippen molar-refractivity contribution in [2.45, 2.75) is 12.8 Å². The SMILES string of the molecule is O=C(CN1C(=O)c2cccc([N+](=O)[O-])c2C1=O)NCCCc1ccccc1. The van der Waals surface area contributed by atoms with Crippen molar-refractivity contribution in [3.05, 3.63) is 75.3 Å². The number of imide groups is 1. The van der Waals surface area contributed by atoms with E-state index in [1.165, 1.54) is 12.1 Å². The van der Waals surface area contributed by atoms with Crippen molar-refractivity contribution in [2.75, 3.05) is 13.1 Å². The highest BCUT2D eigenvalue weighted by atomic mass is 16.6. The molecule has 8 nitrogen and oxygen atoms in total. The van der Waals surface area contributed by atoms with E-state index in [2.05, 4.69) is 5.32 Å². The normalized spacial score (nSPS) is 12.8. The van der Waals surface area contributed by atoms with Crippen LogP contribution >= 0.6 is 0 Å². The molecule has 1 aliphatic heterocycles. The van der Waals surface area contributed by atoms with Gasteiger partial charge >= 0.3 is 0 Å². The summed E-state index contributed by atoms with van der Waals surface area (Å²) in [4.78, 5) is 47.9. The highest BCUT2D eigenvalue weighted by Crippen LogP contribution is 2.30. The van der Waals surface area contributed by atoms with E-state index in [1.807, 2.05) is 30.3 Å². The molecular formula is C19H17N3O5. The third-order valence-corrected chi connectivity index (χ3v) is 4.28. The predicted octanol–water partition coefficient (Wildman–Crippen LogP) is 1.94. The van der Waals surface area contributed by atoms with Crippen molar-refractivity contribution in [1.82, 2.24) is 10.2 Å². The van der Waals surface area contributed by atoms with Crippen LogP contribution in [0.3, 0.4) is 0 Å². The molecule has 2 aromatic rings. The van der Waals surface area contributed by atoms with Gasteiger partial charge in [-0.3, -0.25) is 29.4 Å². The second kappa shape index (κ2) is 7.77. The van der Waals surface area contributed by atoms with E-state index in [-0.39, 0.29) is 11.1 Å². The Morgan fingerprint density at radius 3 is 2.48 bits per heavy atom. The first-order valence-electron chi connectivity index (χ1n) is 8.43. The zero-order chi connectivity index (χ0) is 19.4. The number of hydrogen-bond acceptors (Lipinski definition) is 5. The molecule has 1 N–H and O–H groups in total. The number of aryl methyl sites for hydroxylation is 1. The number of hydrogen-bond donors (Lipinski definition) is 1. The molecule has 0 spiro atoms. The van der Waals surface area contributed by atoms with Gasteiger partial charge in [-0.25, -0.2) is 0 Å². The fraction of sp³-hybridized carbons (Fsp3) is 0.211. The Balaban J connectivity index is 1.57. The van der Waals surface area contributed by atoms with E-state index in [4.69, 9.17) is 0 Å². The van der Waals surface area contributed by atoms with Gasteiger partial charge in [-0.15, -0.1) is 0 Å². The molecule has 0 saturated carbocycles. The van der Waals surface area contributed by atoms with Gasteiger partial charge < -0.3 is 5.32 Å². The van der Waals surface area contributed by atoms with Crippen molar-refractivity contribution in [1.29, 1.82) is 0 Å². The molecule has 3 amide bonds. The highest BCUT2D eigenvalue weighted by Gasteiger charge is 2.41. The first-order chi connectivity index (χ1) is 13.0. The average molecular weight is 367 g/mol. The number of nitro groups is 1. The van der Waals surface area contributed by atoms with E-state index >= 15 is 0 Å². The van der Waals surface area contributed by atoms with E-state index in [9.17, 15) is 24.5 Å². The number of fused-ring (bicyclic) bond motifs is 1. The molecule has 1 heterocycles. The lowest BCUT2D eigenvalue weighted by Crippen LogP contribution is -2.40. The van der Waals surface area contributed by atoms with Crippen LogP contribution in [0, 0.1) is 10.1 Å². The van der Waals surface area contributed by atoms with Gasteiger partial charge in [0.1, 0.15) is 12.1 Å². The maximum absolute atomic E-state index is 12.4. The third kappa shape index (κ3) is 3.84. The molecule has 0 aromatic heterocycles. The van der Waals surface area contributed by atoms with Crippen LogP contribution in [-0.2, 0) is 11.2 Å². The van der Waals surface area contributed by atoms with Crippen molar-refractivity contribution >= 4 is 23.4 Å². The number of carbonyl (C=O) groups is 3. The molecule has 0 aliphatic carbocycles. The summed E-state index contributed by atoms with van der Waals surface area (Å²) in [5, 5.41) is 13.7. The van der Waals surface area contributed by atoms with Crippen LogP contribution in [0.5, 0.6) is 0 Å². The molecule has 8 heteroatoms. The molecule has 0 bridgehead atoms. The van der Waals surface area contributed by atoms with Crippen LogP contribution in [0.25, 0.3) is 0 Å². The van der Waals surface area contributed by atoms with Gasteiger partial charge in [0.2, 0.25) is 5.91 Å². The van der Waals surface area contributed by atoms with Gasteiger partial charge in [0.15, 0.2) is 0 Å². The van der Waals surface area contributed by atoms with Crippen LogP contribution in [0.1, 0.15) is 32.7 Å². The minimum atomic E-state index is -0.818. The lowest BCUT2D eigenvalue weighted by Gasteiger charge is -2.13. The Hall–Kier alpha value is -3.55. The Bertz CT molecular complexity index is 911. The zero-order valence-corrected chi connectivity index (χ0v) is 14.4. The van der Waals surface area contributed by atoms with Crippen molar-refractivity contribution in [3.8, 4) is 0 Å². The monoisotopic (exact) mass is 367 g/mol. The lowest BCUT2D eigenvalue weighted by atomic mass is 10.1. The van der Waals surface area contributed by atoms with Gasteiger partial charge in [0, 0.05) is 12.6 Å². The van der Waals surface area contributed by atoms with E-state index in [0.29, 0.717) is 13.0 Å². The fourth-order valence-corrected chi connectivity index (χ4v) is 2.98. The van der Waals surface area contributed by atoms with E-state index < -0.39 is 34.9 Å². The molecule has 2 aromatic carbocycles. The molecule has 0 atom stereocenters. The van der Waals surface area contributed by atoms with Gasteiger partial charge in [0.05, 0.1) is 10.5 Å². The number of nitro benzene ring substituents is 1. The summed E-state index contributed by atoms with van der Waals surface area (Å²) in [5.41, 5.74) is 0.409. The topological polar surface area (TPSA) is 110 Å². The third-order valence-electron chi connectivity index (χ3n) is 4.28. The Morgan fingerprint density at radius 2 is 1.78 bits per heavy atom. The second-order valence-corrected chi connectivity index (χ2v) is 6.09. The molecule has 138 valence electrons. The molecule has 0 saturated heterocycles. The molecule has 1 aliphatic rings. The number of amides is 3. The molecule has 0 unspecified atom stereocenters. The molecule has 27 heavy (non-hydrogen) atoms. The number of rotatable bonds is 7. The average Bonchev–Trinajstić information content (AvgIpc) is 2.91. The molecule has 0 radical (unpaired) electrons. The van der Waals surface area contributed by atoms with Crippen LogP contribution < -0.4 is 5.32 Å². The summed E-state index contributed by atoms with van der Waals surface area (Å²) in [6.45, 7) is -0.0636. The van der Waals surface area contributed by atoms with Crippen LogP contribution in [0.15, 0.2) is 48.5 Å². The molecule has 3 rings (SSSR count). The maximum Gasteiger partial charge on any atom is 0.282 e. The smallest absolute Gasteiger partial charge is 0.282 e. The summed E-state index contributed by atoms with van der Waals surface area (Å²) in [7, 11) is 0. The Kier molecular flexibility index (Phi) is 5.25. The van der Waals surface area contributed by atoms with Gasteiger partial charge in [0.25, 0.3) is 17.5 Å². The molecule has 0 fully saturated rings. The minimum absolute atomic E-state index is 0.0499. The first-order valence-corrected chi connectivity index (χ1v) is 8.43. The Labute approximate surface area is 154 Å². The van der Waals surface area contributed by atoms with Crippen molar-refractivity contribution < 1.29 is 19.3 Å². The lowest BCUT2D eigenvalue weighted by molar-refractivity contribution is -0.385. The number of nitrogens with one attached hydrogen (secondary N) is 1. The second-order valence-electron chi connectivity index (χ2n) is 6.09. The van der Waals surface area contributed by atoms with Crippen LogP contribution in [0.4, 0.5) is 5.69 Å². The summed E-state index contributed by atoms with van der Waals surface area (Å²) in [5.74, 6) is -2.00. The number of benzene rings is 2. The largest absolute Gasteiger partial charge is 0.355 e. The maximum atomic E-state index is 12.4. The standard InChI is InChI=1S/C19H17N3O5/c23-16(20-11-5-8-13-6-2-1-3-7-13)12-21-18(24)14-9-4-10-15(22(26)27)17(14)19(21)25/h1-4,6-7,9-10H,5,8,11-12H2,(H,20,23). The van der Waals surface area contributed by atoms with E-state index in [0.717, 1.165) is 23.0 Å². The first kappa shape index (κ1) is 18.2. The summed E-state index contributed by atoms with van der Waals surface area (Å²) in [6, 6.07) is 13.6. The quantitative estimate of drug-likeness (QED) is 0.348. The van der Waals surface area contributed by atoms with Gasteiger partial charge in [-0.1, -0.05) is 36.4 Å². The van der Waals surface area contributed by atoms with Crippen LogP contribution in [0.2, 0.25) is 0 Å². The van der Waals surface area contributed by atoms with Crippen LogP contribution in [-0.4, -0.2) is 40.6 Å². The summed E-state index contributed by atoms with van der Waals surface area (Å²) in [6.07, 6.45) is 1.50. The van der Waals surface area contributed by atoms with Gasteiger partial charge in [-0.05, 0) is 24.5 Å². The Morgan fingerprint density at radius 1 is 1.04 bits per heavy atom. The van der Waals surface area contributed by atoms with Crippen molar-refractivity contribution in [2.24, 2.45) is 0 Å². The zero-order valence-electron chi connectivity index (χ0n) is 14.4. The minimum Gasteiger partial charge on any atom is -0.355 e. The van der Waals surface area contributed by atoms with Gasteiger partial charge in [-0.2, -0.15) is 0 Å². The highest BCUT2D eigenvalue weighted by molar-refractivity contribution is 6.24. The predicted molar refractivity (Wildman–Crippen MR) is 96.2 cm³/mol. The van der Waals surface area contributed by atoms with Crippen molar-refractivity contribution in [3.63, 3.8) is 0 Å². The van der Waals surface area contributed by atoms with E-state index in [1.54, 1.807) is 0 Å². The summed E-state index contributed by atoms with van der Waals surface area (Å²) >= 11 is 0.